The Morgan fingerprint density at radius 1 is 0.897 bits per heavy atom. The predicted molar refractivity (Wildman–Crippen MR) is 118 cm³/mol. The van der Waals surface area contributed by atoms with Crippen molar-refractivity contribution in [1.29, 1.82) is 0 Å². The molecule has 2 heterocycles. The average Bonchev–Trinajstić information content (AvgIpc) is 3.09. The zero-order valence-corrected chi connectivity index (χ0v) is 16.5. The van der Waals surface area contributed by atoms with Gasteiger partial charge in [-0.05, 0) is 60.7 Å². The predicted octanol–water partition coefficient (Wildman–Crippen LogP) is 5.62. The van der Waals surface area contributed by atoms with Crippen molar-refractivity contribution in [2.45, 2.75) is 6.29 Å². The topological polar surface area (TPSA) is 60.0 Å². The molecule has 0 saturated carbocycles. The summed E-state index contributed by atoms with van der Waals surface area (Å²) < 4.78 is 0. The van der Waals surface area contributed by atoms with Crippen LogP contribution < -0.4 is 20.4 Å². The molecule has 3 aromatic rings. The third kappa shape index (κ3) is 3.16. The van der Waals surface area contributed by atoms with Crippen molar-refractivity contribution in [3.05, 3.63) is 82.8 Å². The Kier molecular flexibility index (Phi) is 4.30. The van der Waals surface area contributed by atoms with E-state index in [0.717, 1.165) is 17.1 Å². The quantitative estimate of drug-likeness (QED) is 0.562. The third-order valence-corrected chi connectivity index (χ3v) is 5.24. The fourth-order valence-corrected chi connectivity index (χ4v) is 3.64. The molecule has 0 saturated heterocycles. The molecule has 2 N–H and O–H groups in total. The number of carbonyl (C=O) groups is 1. The second-order valence-electron chi connectivity index (χ2n) is 6.58. The normalized spacial score (nSPS) is 17.4. The van der Waals surface area contributed by atoms with Crippen LogP contribution in [0.2, 0.25) is 10.0 Å². The van der Waals surface area contributed by atoms with Crippen molar-refractivity contribution in [2.75, 3.05) is 20.4 Å². The zero-order valence-electron chi connectivity index (χ0n) is 15.0. The fraction of sp³-hybridized carbons (Fsp3) is 0.0476. The van der Waals surface area contributed by atoms with E-state index in [0.29, 0.717) is 21.7 Å². The number of nitrogens with zero attached hydrogens (tertiary/aromatic N) is 3. The van der Waals surface area contributed by atoms with Crippen molar-refractivity contribution in [2.24, 2.45) is 4.99 Å². The summed E-state index contributed by atoms with van der Waals surface area (Å²) in [7, 11) is 0. The Morgan fingerprint density at radius 3 is 2.28 bits per heavy atom. The largest absolute Gasteiger partial charge is 0.345 e. The minimum absolute atomic E-state index is 0.221. The lowest BCUT2D eigenvalue weighted by Gasteiger charge is -2.36. The van der Waals surface area contributed by atoms with Crippen LogP contribution in [0, 0.1) is 0 Å². The highest BCUT2D eigenvalue weighted by Crippen LogP contribution is 2.38. The molecule has 0 bridgehead atoms. The van der Waals surface area contributed by atoms with Crippen LogP contribution in [0.3, 0.4) is 0 Å². The van der Waals surface area contributed by atoms with E-state index in [-0.39, 0.29) is 6.03 Å². The van der Waals surface area contributed by atoms with Gasteiger partial charge >= 0.3 is 6.03 Å². The lowest BCUT2D eigenvalue weighted by molar-refractivity contribution is 0.252. The molecule has 1 atom stereocenters. The number of aliphatic imine (C=N–C) groups is 1. The second-order valence-corrected chi connectivity index (χ2v) is 7.46. The third-order valence-electron chi connectivity index (χ3n) is 4.73. The van der Waals surface area contributed by atoms with Gasteiger partial charge in [-0.1, -0.05) is 35.3 Å². The number of anilines is 4. The van der Waals surface area contributed by atoms with Gasteiger partial charge in [-0.3, -0.25) is 4.90 Å². The molecule has 2 aliphatic rings. The first-order valence-corrected chi connectivity index (χ1v) is 9.70. The number of fused-ring (bicyclic) bond motifs is 3. The Morgan fingerprint density at radius 2 is 1.55 bits per heavy atom. The van der Waals surface area contributed by atoms with E-state index in [1.165, 1.54) is 4.90 Å². The lowest BCUT2D eigenvalue weighted by Crippen LogP contribution is -2.57. The molecule has 5 rings (SSSR count). The first kappa shape index (κ1) is 17.8. The minimum Gasteiger partial charge on any atom is -0.345 e. The van der Waals surface area contributed by atoms with Crippen molar-refractivity contribution < 1.29 is 4.79 Å². The summed E-state index contributed by atoms with van der Waals surface area (Å²) in [4.78, 5) is 21.5. The van der Waals surface area contributed by atoms with Gasteiger partial charge in [-0.2, -0.15) is 0 Å². The van der Waals surface area contributed by atoms with Crippen molar-refractivity contribution in [1.82, 2.24) is 0 Å². The molecular weight excluding hydrogens is 409 g/mol. The number of carbonyl (C=O) groups excluding carboxylic acids is 1. The molecule has 6 nitrogen and oxygen atoms in total. The van der Waals surface area contributed by atoms with E-state index in [1.54, 1.807) is 41.3 Å². The smallest absolute Gasteiger partial charge is 0.339 e. The first-order valence-electron chi connectivity index (χ1n) is 8.95. The second kappa shape index (κ2) is 6.99. The van der Waals surface area contributed by atoms with Crippen LogP contribution in [0.5, 0.6) is 0 Å². The number of hydrogen-bond donors (Lipinski definition) is 2. The molecular formula is C21H15Cl2N5O. The molecule has 144 valence electrons. The van der Waals surface area contributed by atoms with E-state index in [4.69, 9.17) is 28.2 Å². The maximum atomic E-state index is 13.5. The first-order chi connectivity index (χ1) is 14.1. The van der Waals surface area contributed by atoms with Gasteiger partial charge in [0, 0.05) is 15.7 Å². The van der Waals surface area contributed by atoms with Gasteiger partial charge in [-0.25, -0.2) is 14.7 Å². The Bertz CT molecular complexity index is 1110. The SMILES string of the molecule is O=C1N(c2ccc(Cl)cc2)C(Nc2ccc(Cl)cc2)=NC2Nc3ccccc3N12. The number of urea groups is 1. The van der Waals surface area contributed by atoms with Crippen LogP contribution >= 0.6 is 23.2 Å². The number of halogens is 2. The molecule has 29 heavy (non-hydrogen) atoms. The highest BCUT2D eigenvalue weighted by Gasteiger charge is 2.42. The Hall–Kier alpha value is -3.22. The van der Waals surface area contributed by atoms with Gasteiger partial charge in [0.15, 0.2) is 0 Å². The van der Waals surface area contributed by atoms with E-state index in [1.807, 2.05) is 36.4 Å². The molecule has 0 fully saturated rings. The molecule has 2 amide bonds. The van der Waals surface area contributed by atoms with Crippen LogP contribution in [-0.2, 0) is 0 Å². The molecule has 0 aliphatic carbocycles. The number of nitrogens with one attached hydrogen (secondary N) is 2. The number of benzene rings is 3. The van der Waals surface area contributed by atoms with Crippen LogP contribution in [0.1, 0.15) is 0 Å². The summed E-state index contributed by atoms with van der Waals surface area (Å²) in [5.41, 5.74) is 3.07. The number of amides is 2. The Labute approximate surface area is 177 Å². The van der Waals surface area contributed by atoms with Gasteiger partial charge < -0.3 is 10.6 Å². The maximum Gasteiger partial charge on any atom is 0.339 e. The van der Waals surface area contributed by atoms with Crippen LogP contribution in [0.4, 0.5) is 27.5 Å². The van der Waals surface area contributed by atoms with Crippen LogP contribution in [0.25, 0.3) is 0 Å². The molecule has 0 aromatic heterocycles. The van der Waals surface area contributed by atoms with Crippen molar-refractivity contribution in [3.63, 3.8) is 0 Å². The Balaban J connectivity index is 1.59. The molecule has 1 unspecified atom stereocenters. The molecule has 0 spiro atoms. The average molecular weight is 424 g/mol. The molecule has 0 radical (unpaired) electrons. The standard InChI is InChI=1S/C21H15Cl2N5O/c22-13-5-9-15(10-6-13)24-19-26-20-25-17-3-1-2-4-18(17)28(20)21(29)27(19)16-11-7-14(23)8-12-16/h1-12,20,25H,(H,24,26). The number of para-hydroxylation sites is 2. The van der Waals surface area contributed by atoms with E-state index < -0.39 is 6.29 Å². The van der Waals surface area contributed by atoms with Gasteiger partial charge in [0.1, 0.15) is 0 Å². The number of guanidine groups is 1. The fourth-order valence-electron chi connectivity index (χ4n) is 3.38. The van der Waals surface area contributed by atoms with Crippen molar-refractivity contribution >= 4 is 57.9 Å². The minimum atomic E-state index is -0.529. The highest BCUT2D eigenvalue weighted by atomic mass is 35.5. The van der Waals surface area contributed by atoms with E-state index in [9.17, 15) is 4.79 Å². The summed E-state index contributed by atoms with van der Waals surface area (Å²) in [5, 5.41) is 7.74. The summed E-state index contributed by atoms with van der Waals surface area (Å²) in [5.74, 6) is 0.404. The molecule has 8 heteroatoms. The molecule has 3 aromatic carbocycles. The number of hydrogen-bond acceptors (Lipinski definition) is 4. The monoisotopic (exact) mass is 423 g/mol. The summed E-state index contributed by atoms with van der Waals surface area (Å²) in [6, 6.07) is 21.7. The van der Waals surface area contributed by atoms with Gasteiger partial charge in [0.05, 0.1) is 17.1 Å². The van der Waals surface area contributed by atoms with Gasteiger partial charge in [0.2, 0.25) is 12.2 Å². The zero-order chi connectivity index (χ0) is 20.0. The van der Waals surface area contributed by atoms with Gasteiger partial charge in [-0.15, -0.1) is 0 Å². The molecule has 2 aliphatic heterocycles. The number of rotatable bonds is 2. The lowest BCUT2D eigenvalue weighted by atomic mass is 10.2. The van der Waals surface area contributed by atoms with Gasteiger partial charge in [0.25, 0.3) is 0 Å². The van der Waals surface area contributed by atoms with Crippen LogP contribution in [0.15, 0.2) is 77.8 Å². The van der Waals surface area contributed by atoms with E-state index in [2.05, 4.69) is 10.6 Å². The highest BCUT2D eigenvalue weighted by molar-refractivity contribution is 6.31. The maximum absolute atomic E-state index is 13.5. The van der Waals surface area contributed by atoms with E-state index >= 15 is 0 Å². The summed E-state index contributed by atoms with van der Waals surface area (Å²) in [6.07, 6.45) is -0.529. The summed E-state index contributed by atoms with van der Waals surface area (Å²) in [6.45, 7) is 0. The summed E-state index contributed by atoms with van der Waals surface area (Å²) >= 11 is 12.0. The van der Waals surface area contributed by atoms with Crippen LogP contribution in [-0.4, -0.2) is 18.3 Å². The van der Waals surface area contributed by atoms with Crippen molar-refractivity contribution in [3.8, 4) is 0 Å².